The van der Waals surface area contributed by atoms with Crippen LogP contribution in [0.25, 0.3) is 22.2 Å². The summed E-state index contributed by atoms with van der Waals surface area (Å²) in [5, 5.41) is 16.0. The summed E-state index contributed by atoms with van der Waals surface area (Å²) in [6, 6.07) is 7.36. The van der Waals surface area contributed by atoms with E-state index in [-0.39, 0.29) is 16.8 Å². The van der Waals surface area contributed by atoms with Gasteiger partial charge >= 0.3 is 5.97 Å². The summed E-state index contributed by atoms with van der Waals surface area (Å²) in [7, 11) is 0. The fourth-order valence-electron chi connectivity index (χ4n) is 2.03. The van der Waals surface area contributed by atoms with Gasteiger partial charge in [-0.05, 0) is 36.4 Å². The van der Waals surface area contributed by atoms with E-state index in [1.54, 1.807) is 0 Å². The van der Waals surface area contributed by atoms with Gasteiger partial charge in [-0.3, -0.25) is 5.10 Å². The smallest absolute Gasteiger partial charge is 0.335 e. The van der Waals surface area contributed by atoms with Crippen molar-refractivity contribution in [3.8, 4) is 11.3 Å². The van der Waals surface area contributed by atoms with E-state index in [0.717, 1.165) is 18.2 Å². The Morgan fingerprint density at radius 3 is 2.70 bits per heavy atom. The van der Waals surface area contributed by atoms with Crippen LogP contribution >= 0.6 is 0 Å². The van der Waals surface area contributed by atoms with Gasteiger partial charge in [0.2, 0.25) is 0 Å². The number of benzene rings is 2. The van der Waals surface area contributed by atoms with Crippen LogP contribution in [0.5, 0.6) is 0 Å². The van der Waals surface area contributed by atoms with Crippen molar-refractivity contribution in [2.45, 2.75) is 0 Å². The van der Waals surface area contributed by atoms with Gasteiger partial charge in [-0.2, -0.15) is 5.10 Å². The fraction of sp³-hybridized carbons (Fsp3) is 0. The molecule has 2 N–H and O–H groups in total. The summed E-state index contributed by atoms with van der Waals surface area (Å²) in [5.74, 6) is -2.31. The summed E-state index contributed by atoms with van der Waals surface area (Å²) in [6.45, 7) is 0. The number of hydrogen-bond donors (Lipinski definition) is 2. The van der Waals surface area contributed by atoms with Crippen molar-refractivity contribution in [2.75, 3.05) is 0 Å². The molecular formula is C14H8F2N2O2. The highest BCUT2D eigenvalue weighted by Crippen LogP contribution is 2.29. The summed E-state index contributed by atoms with van der Waals surface area (Å²) >= 11 is 0. The van der Waals surface area contributed by atoms with Gasteiger partial charge in [0.05, 0.1) is 11.1 Å². The van der Waals surface area contributed by atoms with Gasteiger partial charge in [-0.15, -0.1) is 0 Å². The number of nitrogens with zero attached hydrogens (tertiary/aromatic N) is 1. The number of carbonyl (C=O) groups is 1. The molecule has 3 aromatic rings. The minimum Gasteiger partial charge on any atom is -0.478 e. The van der Waals surface area contributed by atoms with Crippen LogP contribution in [0.3, 0.4) is 0 Å². The number of fused-ring (bicyclic) bond motifs is 1. The van der Waals surface area contributed by atoms with E-state index >= 15 is 0 Å². The van der Waals surface area contributed by atoms with Gasteiger partial charge in [0.1, 0.15) is 17.3 Å². The van der Waals surface area contributed by atoms with Crippen LogP contribution < -0.4 is 0 Å². The van der Waals surface area contributed by atoms with E-state index in [2.05, 4.69) is 10.2 Å². The largest absolute Gasteiger partial charge is 0.478 e. The molecule has 0 aliphatic rings. The molecular weight excluding hydrogens is 266 g/mol. The molecule has 6 heteroatoms. The molecule has 0 aliphatic heterocycles. The van der Waals surface area contributed by atoms with Crippen molar-refractivity contribution in [2.24, 2.45) is 0 Å². The van der Waals surface area contributed by atoms with Crippen molar-refractivity contribution in [1.82, 2.24) is 10.2 Å². The van der Waals surface area contributed by atoms with E-state index in [1.165, 1.54) is 18.2 Å². The highest BCUT2D eigenvalue weighted by atomic mass is 19.1. The molecule has 1 aromatic heterocycles. The molecule has 100 valence electrons. The predicted molar refractivity (Wildman–Crippen MR) is 68.4 cm³/mol. The Labute approximate surface area is 111 Å². The van der Waals surface area contributed by atoms with Crippen LogP contribution in [-0.4, -0.2) is 21.3 Å². The lowest BCUT2D eigenvalue weighted by Crippen LogP contribution is -1.95. The Hall–Kier alpha value is -2.76. The molecule has 20 heavy (non-hydrogen) atoms. The maximum atomic E-state index is 13.8. The van der Waals surface area contributed by atoms with Gasteiger partial charge in [-0.25, -0.2) is 13.6 Å². The highest BCUT2D eigenvalue weighted by Gasteiger charge is 2.15. The average Bonchev–Trinajstić information content (AvgIpc) is 2.84. The Bertz CT molecular complexity index is 827. The molecule has 3 rings (SSSR count). The number of H-pyrrole nitrogens is 1. The van der Waals surface area contributed by atoms with Gasteiger partial charge in [0.15, 0.2) is 0 Å². The van der Waals surface area contributed by atoms with Crippen LogP contribution in [0.15, 0.2) is 36.4 Å². The third-order valence-electron chi connectivity index (χ3n) is 2.99. The topological polar surface area (TPSA) is 66.0 Å². The van der Waals surface area contributed by atoms with Crippen molar-refractivity contribution < 1.29 is 18.7 Å². The van der Waals surface area contributed by atoms with Crippen LogP contribution in [0, 0.1) is 11.6 Å². The highest BCUT2D eigenvalue weighted by molar-refractivity contribution is 5.98. The number of halogens is 2. The first-order chi connectivity index (χ1) is 9.56. The number of carboxylic acids is 1. The number of aromatic amines is 1. The van der Waals surface area contributed by atoms with Crippen molar-refractivity contribution in [3.05, 3.63) is 53.6 Å². The molecule has 0 amide bonds. The Morgan fingerprint density at radius 2 is 1.95 bits per heavy atom. The van der Waals surface area contributed by atoms with Crippen molar-refractivity contribution in [1.29, 1.82) is 0 Å². The zero-order valence-electron chi connectivity index (χ0n) is 10.0. The monoisotopic (exact) mass is 274 g/mol. The molecule has 1 heterocycles. The van der Waals surface area contributed by atoms with Crippen molar-refractivity contribution >= 4 is 16.9 Å². The zero-order chi connectivity index (χ0) is 14.3. The number of aromatic nitrogens is 2. The number of nitrogens with one attached hydrogen (secondary N) is 1. The second kappa shape index (κ2) is 4.41. The molecule has 0 atom stereocenters. The van der Waals surface area contributed by atoms with E-state index in [1.807, 2.05) is 0 Å². The average molecular weight is 274 g/mol. The lowest BCUT2D eigenvalue weighted by molar-refractivity contribution is 0.0697. The van der Waals surface area contributed by atoms with Crippen LogP contribution in [0.2, 0.25) is 0 Å². The quantitative estimate of drug-likeness (QED) is 0.754. The third kappa shape index (κ3) is 1.91. The zero-order valence-corrected chi connectivity index (χ0v) is 10.0. The van der Waals surface area contributed by atoms with Gasteiger partial charge in [0, 0.05) is 10.9 Å². The molecule has 2 aromatic carbocycles. The molecule has 0 spiro atoms. The summed E-state index contributed by atoms with van der Waals surface area (Å²) in [5.41, 5.74) is 0.768. The maximum absolute atomic E-state index is 13.8. The second-order valence-electron chi connectivity index (χ2n) is 4.26. The summed E-state index contributed by atoms with van der Waals surface area (Å²) in [4.78, 5) is 11.0. The molecule has 0 radical (unpaired) electrons. The van der Waals surface area contributed by atoms with Crippen LogP contribution in [0.1, 0.15) is 10.4 Å². The van der Waals surface area contributed by atoms with E-state index < -0.39 is 17.6 Å². The normalized spacial score (nSPS) is 10.9. The number of aromatic carboxylic acids is 1. The van der Waals surface area contributed by atoms with Gasteiger partial charge in [-0.1, -0.05) is 0 Å². The lowest BCUT2D eigenvalue weighted by atomic mass is 10.1. The van der Waals surface area contributed by atoms with E-state index in [4.69, 9.17) is 5.11 Å². The summed E-state index contributed by atoms with van der Waals surface area (Å²) < 4.78 is 27.0. The minimum absolute atomic E-state index is 0.0150. The Morgan fingerprint density at radius 1 is 1.15 bits per heavy atom. The number of rotatable bonds is 2. The third-order valence-corrected chi connectivity index (χ3v) is 2.99. The predicted octanol–water partition coefficient (Wildman–Crippen LogP) is 3.21. The van der Waals surface area contributed by atoms with Gasteiger partial charge < -0.3 is 5.11 Å². The molecule has 0 bridgehead atoms. The standard InChI is InChI=1S/C14H8F2N2O2/c15-8-2-3-11(16)9(6-8)13-10-5-7(14(19)20)1-4-12(10)17-18-13/h1-6H,(H,17,18)(H,19,20). The van der Waals surface area contributed by atoms with Crippen molar-refractivity contribution in [3.63, 3.8) is 0 Å². The second-order valence-corrected chi connectivity index (χ2v) is 4.26. The van der Waals surface area contributed by atoms with E-state index in [0.29, 0.717) is 10.9 Å². The van der Waals surface area contributed by atoms with Crippen LogP contribution in [0.4, 0.5) is 8.78 Å². The summed E-state index contributed by atoms with van der Waals surface area (Å²) in [6.07, 6.45) is 0. The Kier molecular flexibility index (Phi) is 2.71. The molecule has 0 fully saturated rings. The minimum atomic E-state index is -1.10. The molecule has 0 unspecified atom stereocenters. The molecule has 0 saturated heterocycles. The molecule has 0 aliphatic carbocycles. The number of hydrogen-bond acceptors (Lipinski definition) is 2. The Balaban J connectivity index is 2.28. The van der Waals surface area contributed by atoms with Crippen LogP contribution in [-0.2, 0) is 0 Å². The maximum Gasteiger partial charge on any atom is 0.335 e. The SMILES string of the molecule is O=C(O)c1ccc2[nH]nc(-c3cc(F)ccc3F)c2c1. The first kappa shape index (κ1) is 12.3. The first-order valence-corrected chi connectivity index (χ1v) is 5.73. The van der Waals surface area contributed by atoms with Gasteiger partial charge in [0.25, 0.3) is 0 Å². The first-order valence-electron chi connectivity index (χ1n) is 5.73. The molecule has 4 nitrogen and oxygen atoms in total. The fourth-order valence-corrected chi connectivity index (χ4v) is 2.03. The lowest BCUT2D eigenvalue weighted by Gasteiger charge is -2.01. The molecule has 0 saturated carbocycles. The van der Waals surface area contributed by atoms with E-state index in [9.17, 15) is 13.6 Å². The number of carboxylic acid groups (broad SMARTS) is 1.